The fourth-order valence-corrected chi connectivity index (χ4v) is 19.9. The maximum Gasteiger partial charge on any atom is 0.252 e. The van der Waals surface area contributed by atoms with Gasteiger partial charge in [0, 0.05) is 75.0 Å². The zero-order valence-electron chi connectivity index (χ0n) is 90.5. The lowest BCUT2D eigenvalue weighted by molar-refractivity contribution is 0.411. The summed E-state index contributed by atoms with van der Waals surface area (Å²) >= 11 is 0. The molecule has 15 aromatic rings. The third-order valence-electron chi connectivity index (χ3n) is 27.0. The van der Waals surface area contributed by atoms with Gasteiger partial charge >= 0.3 is 0 Å². The third-order valence-corrected chi connectivity index (χ3v) is 27.0. The molecule has 0 spiro atoms. The van der Waals surface area contributed by atoms with Crippen molar-refractivity contribution in [1.82, 2.24) is 9.13 Å². The SMILES string of the molecule is [2H]C([2H])(c1cc2c3c(c1)N(c1cc(-c4cccc(C(C)(C)C)c4)c(C([2H])([2H])C(C)(C)C)cc1-c1cccc(C(C)(C)C)c1)c1cc(-n4c5ccc(C(C)(C)C)cc5c5cc(C(C)(C)C)ccc54)ccc1B3c1ccc(-n3c4ccc(C(C)(C)C)cc4c4cc(C(C)(C)C)ccc43)cc1N2c1cc(-c2cccc(C(C)(C)C)c2)c(C([2H])([2H])C(C)(C)C)cc1-c1cccc(C(C)(C)C)c1)C(C)(C)C. The molecule has 4 nitrogen and oxygen atoms in total. The third kappa shape index (κ3) is 17.3. The van der Waals surface area contributed by atoms with Crippen molar-refractivity contribution in [1.29, 1.82) is 0 Å². The van der Waals surface area contributed by atoms with Crippen LogP contribution in [0.3, 0.4) is 0 Å². The van der Waals surface area contributed by atoms with Gasteiger partial charge in [-0.15, -0.1) is 0 Å². The van der Waals surface area contributed by atoms with Gasteiger partial charge in [-0.25, -0.2) is 0 Å². The standard InChI is InChI=1S/C125H145BN4/c1-115(2,3)74-77-58-112-114-113(59-77)130(109-73-95(79-39-35-43-85(61-79)119(13,14)15)83(76-117(7,8)9)65-97(109)81-41-37-45-87(63-81)121(19,20)21)111-71-93(128-106-56-48-90(124(28,29)30)68-100(106)101-69-91(125(31,32)33)49-57-107(101)128)51-53-103(111)126(114)102-52-50-92(127-104-54-46-88(122(22,23)24)66-98(104)99-67-89(123(25,26)27)47-55-105(99)127)70-110(102)129(112)108-72-94(78-38-34-42-84(60-78)118(10,11)12)82(75-116(4,5)6)64-96(108)80-40-36-44-86(62-80)120(16,17)18/h34-73H,74-76H2,1-33H3/i74D2,75D2,76D2. The van der Waals surface area contributed by atoms with Crippen molar-refractivity contribution >= 4 is 101 Å². The number of hydrogen-bond acceptors (Lipinski definition) is 2. The first-order chi connectivity index (χ1) is 62.7. The van der Waals surface area contributed by atoms with Crippen LogP contribution in [0.5, 0.6) is 0 Å². The molecule has 2 aromatic heterocycles. The van der Waals surface area contributed by atoms with Crippen LogP contribution in [0.1, 0.15) is 298 Å². The Morgan fingerprint density at radius 1 is 0.231 bits per heavy atom. The van der Waals surface area contributed by atoms with Gasteiger partial charge < -0.3 is 18.9 Å². The van der Waals surface area contributed by atoms with Gasteiger partial charge in [0.15, 0.2) is 0 Å². The van der Waals surface area contributed by atoms with Crippen LogP contribution in [0.15, 0.2) is 243 Å². The summed E-state index contributed by atoms with van der Waals surface area (Å²) in [6, 6.07) is 91.7. The molecule has 0 amide bonds. The van der Waals surface area contributed by atoms with Crippen LogP contribution in [-0.2, 0) is 62.4 Å². The van der Waals surface area contributed by atoms with E-state index in [1.807, 2.05) is 62.3 Å². The number of benzene rings is 13. The van der Waals surface area contributed by atoms with E-state index in [1.54, 1.807) is 0 Å². The number of hydrogen-bond donors (Lipinski definition) is 0. The minimum atomic E-state index is -2.05. The highest BCUT2D eigenvalue weighted by molar-refractivity contribution is 7.00. The average molecular weight is 1720 g/mol. The maximum atomic E-state index is 11.3. The molecule has 5 heteroatoms. The summed E-state index contributed by atoms with van der Waals surface area (Å²) in [7, 11) is 0. The zero-order valence-corrected chi connectivity index (χ0v) is 84.5. The van der Waals surface area contributed by atoms with E-state index in [9.17, 15) is 8.22 Å². The molecule has 0 unspecified atom stereocenters. The van der Waals surface area contributed by atoms with Crippen LogP contribution in [0, 0.1) is 16.2 Å². The molecule has 2 aliphatic rings. The van der Waals surface area contributed by atoms with E-state index in [1.165, 1.54) is 43.8 Å². The molecular formula is C125H145BN4. The van der Waals surface area contributed by atoms with Crippen LogP contribution in [0.4, 0.5) is 34.1 Å². The first-order valence-electron chi connectivity index (χ1n) is 50.7. The molecule has 2 aliphatic heterocycles. The van der Waals surface area contributed by atoms with Crippen molar-refractivity contribution < 1.29 is 8.22 Å². The fourth-order valence-electron chi connectivity index (χ4n) is 19.9. The second kappa shape index (κ2) is 31.4. The van der Waals surface area contributed by atoms with Gasteiger partial charge in [-0.2, -0.15) is 0 Å². The molecule has 0 N–H and O–H groups in total. The number of aromatic nitrogens is 2. The number of nitrogens with zero attached hydrogens (tertiary/aromatic N) is 4. The average Bonchev–Trinajstić information content (AvgIpc) is 0.744. The van der Waals surface area contributed by atoms with Crippen molar-refractivity contribution in [3.8, 4) is 55.9 Å². The van der Waals surface area contributed by atoms with Crippen molar-refractivity contribution in [2.24, 2.45) is 16.2 Å². The molecule has 0 fully saturated rings. The number of anilines is 6. The fraction of sp³-hybridized carbons (Fsp3) is 0.376. The summed E-state index contributed by atoms with van der Waals surface area (Å²) in [5.74, 6) is 0. The molecule has 13 aromatic carbocycles. The van der Waals surface area contributed by atoms with Crippen LogP contribution in [-0.4, -0.2) is 15.8 Å². The van der Waals surface area contributed by atoms with Gasteiger partial charge in [-0.3, -0.25) is 0 Å². The maximum absolute atomic E-state index is 11.3. The second-order valence-electron chi connectivity index (χ2n) is 49.4. The molecule has 0 radical (unpaired) electrons. The first-order valence-corrected chi connectivity index (χ1v) is 47.7. The minimum absolute atomic E-state index is 0.156. The summed E-state index contributed by atoms with van der Waals surface area (Å²) in [5, 5.41) is 4.67. The zero-order chi connectivity index (χ0) is 99.1. The Hall–Kier alpha value is -10.9. The van der Waals surface area contributed by atoms with Crippen LogP contribution in [0.25, 0.3) is 99.5 Å². The van der Waals surface area contributed by atoms with Gasteiger partial charge in [0.05, 0.1) is 33.4 Å². The second-order valence-corrected chi connectivity index (χ2v) is 49.4. The summed E-state index contributed by atoms with van der Waals surface area (Å²) < 4.78 is 71.0. The molecule has 17 rings (SSSR count). The Labute approximate surface area is 789 Å². The molecule has 130 heavy (non-hydrogen) atoms. The van der Waals surface area contributed by atoms with E-state index >= 15 is 0 Å². The molecule has 4 heterocycles. The van der Waals surface area contributed by atoms with Crippen LogP contribution in [0.2, 0.25) is 0 Å². The highest BCUT2D eigenvalue weighted by Gasteiger charge is 2.46. The lowest BCUT2D eigenvalue weighted by Crippen LogP contribution is -2.61. The first kappa shape index (κ1) is 83.5. The van der Waals surface area contributed by atoms with Gasteiger partial charge in [0.25, 0.3) is 6.71 Å². The van der Waals surface area contributed by atoms with E-state index in [0.29, 0.717) is 16.7 Å². The number of fused-ring (bicyclic) bond motifs is 10. The predicted molar refractivity (Wildman–Crippen MR) is 570 cm³/mol. The Balaban J connectivity index is 1.13. The Morgan fingerprint density at radius 3 is 0.754 bits per heavy atom. The monoisotopic (exact) mass is 1720 g/mol. The van der Waals surface area contributed by atoms with Crippen molar-refractivity contribution in [3.63, 3.8) is 0 Å². The minimum Gasteiger partial charge on any atom is -0.311 e. The highest BCUT2D eigenvalue weighted by Crippen LogP contribution is 2.55. The normalized spacial score (nSPS) is 14.9. The molecule has 0 saturated heterocycles. The lowest BCUT2D eigenvalue weighted by atomic mass is 9.33. The largest absolute Gasteiger partial charge is 0.311 e. The summed E-state index contributed by atoms with van der Waals surface area (Å²) in [6.45, 7) is 72.4. The Morgan fingerprint density at radius 2 is 0.492 bits per heavy atom. The molecule has 0 atom stereocenters. The molecular weight excluding hydrogens is 1570 g/mol. The van der Waals surface area contributed by atoms with Crippen molar-refractivity contribution in [2.75, 3.05) is 9.80 Å². The van der Waals surface area contributed by atoms with Gasteiger partial charge in [0.1, 0.15) is 0 Å². The predicted octanol–water partition coefficient (Wildman–Crippen LogP) is 33.8. The molecule has 0 bridgehead atoms. The quantitative estimate of drug-likeness (QED) is 0.120. The van der Waals surface area contributed by atoms with E-state index in [4.69, 9.17) is 0 Å². The number of rotatable bonds is 11. The van der Waals surface area contributed by atoms with Gasteiger partial charge in [-0.05, 0) is 299 Å². The Kier molecular flexibility index (Phi) is 20.2. The molecule has 0 aliphatic carbocycles. The summed E-state index contributed by atoms with van der Waals surface area (Å²) in [4.78, 5) is 5.00. The topological polar surface area (TPSA) is 16.3 Å². The van der Waals surface area contributed by atoms with Crippen molar-refractivity contribution in [3.05, 3.63) is 304 Å². The van der Waals surface area contributed by atoms with E-state index < -0.39 is 42.1 Å². The summed E-state index contributed by atoms with van der Waals surface area (Å²) in [6.07, 6.45) is -5.92. The Bertz CT molecular complexity index is 6780. The van der Waals surface area contributed by atoms with E-state index in [0.717, 1.165) is 151 Å². The highest BCUT2D eigenvalue weighted by atomic mass is 15.2. The van der Waals surface area contributed by atoms with Crippen LogP contribution >= 0.6 is 0 Å². The smallest absolute Gasteiger partial charge is 0.252 e. The van der Waals surface area contributed by atoms with Crippen molar-refractivity contribution in [2.45, 2.75) is 291 Å². The van der Waals surface area contributed by atoms with Gasteiger partial charge in [-0.1, -0.05) is 362 Å². The lowest BCUT2D eigenvalue weighted by Gasteiger charge is -2.46. The summed E-state index contributed by atoms with van der Waals surface area (Å²) in [5.41, 5.74) is 27.3. The molecule has 668 valence electrons. The van der Waals surface area contributed by atoms with E-state index in [-0.39, 0.29) is 43.3 Å². The van der Waals surface area contributed by atoms with Gasteiger partial charge in [0.2, 0.25) is 0 Å². The van der Waals surface area contributed by atoms with Crippen LogP contribution < -0.4 is 26.2 Å². The molecule has 0 saturated carbocycles. The van der Waals surface area contributed by atoms with E-state index in [2.05, 4.69) is 428 Å².